The molecule has 0 saturated heterocycles. The predicted molar refractivity (Wildman–Crippen MR) is 70.9 cm³/mol. The van der Waals surface area contributed by atoms with E-state index in [1.165, 1.54) is 10.5 Å². The minimum atomic E-state index is -0.202. The van der Waals surface area contributed by atoms with Crippen LogP contribution in [-0.2, 0) is 0 Å². The van der Waals surface area contributed by atoms with Crippen molar-refractivity contribution >= 4 is 11.8 Å². The summed E-state index contributed by atoms with van der Waals surface area (Å²) in [6.07, 6.45) is 0.642. The van der Waals surface area contributed by atoms with Crippen molar-refractivity contribution in [3.8, 4) is 0 Å². The van der Waals surface area contributed by atoms with Gasteiger partial charge in [0.15, 0.2) is 0 Å². The van der Waals surface area contributed by atoms with E-state index in [4.69, 9.17) is 0 Å². The van der Waals surface area contributed by atoms with Gasteiger partial charge in [0.1, 0.15) is 0 Å². The van der Waals surface area contributed by atoms with E-state index < -0.39 is 0 Å². The Morgan fingerprint density at radius 2 is 2.12 bits per heavy atom. The van der Waals surface area contributed by atoms with Gasteiger partial charge in [-0.1, -0.05) is 12.1 Å². The van der Waals surface area contributed by atoms with Crippen LogP contribution in [0.15, 0.2) is 29.2 Å². The van der Waals surface area contributed by atoms with Crippen LogP contribution in [0.1, 0.15) is 31.9 Å². The first-order valence-electron chi connectivity index (χ1n) is 5.71. The average molecular weight is 239 g/mol. The van der Waals surface area contributed by atoms with Crippen molar-refractivity contribution in [2.75, 3.05) is 12.8 Å². The highest BCUT2D eigenvalue weighted by Crippen LogP contribution is 2.23. The summed E-state index contributed by atoms with van der Waals surface area (Å²) in [6, 6.07) is 8.96. The van der Waals surface area contributed by atoms with E-state index in [0.717, 1.165) is 12.2 Å². The zero-order chi connectivity index (χ0) is 12.0. The zero-order valence-corrected chi connectivity index (χ0v) is 11.1. The maximum atomic E-state index is 9.19. The highest BCUT2D eigenvalue weighted by molar-refractivity contribution is 7.99. The van der Waals surface area contributed by atoms with Gasteiger partial charge in [0.2, 0.25) is 0 Å². The fourth-order valence-corrected chi connectivity index (χ4v) is 2.48. The molecule has 0 aliphatic carbocycles. The molecule has 2 nitrogen and oxygen atoms in total. The van der Waals surface area contributed by atoms with E-state index in [9.17, 15) is 5.11 Å². The lowest BCUT2D eigenvalue weighted by Crippen LogP contribution is -2.12. The normalized spacial score (nSPS) is 14.8. The molecule has 16 heavy (non-hydrogen) atoms. The Morgan fingerprint density at radius 1 is 1.38 bits per heavy atom. The zero-order valence-electron chi connectivity index (χ0n) is 10.2. The summed E-state index contributed by atoms with van der Waals surface area (Å²) in [5.41, 5.74) is 1.31. The first-order valence-corrected chi connectivity index (χ1v) is 6.70. The van der Waals surface area contributed by atoms with Crippen molar-refractivity contribution in [2.45, 2.75) is 37.3 Å². The minimum absolute atomic E-state index is 0.202. The number of aliphatic hydroxyl groups is 1. The summed E-state index contributed by atoms with van der Waals surface area (Å²) in [5.74, 6) is 0.967. The SMILES string of the molecule is CNC(C)c1cccc(SCCC(C)O)c1. The molecule has 0 heterocycles. The molecule has 1 aromatic carbocycles. The molecule has 90 valence electrons. The average Bonchev–Trinajstić information content (AvgIpc) is 2.28. The van der Waals surface area contributed by atoms with E-state index in [2.05, 4.69) is 36.5 Å². The van der Waals surface area contributed by atoms with Gasteiger partial charge in [-0.25, -0.2) is 0 Å². The molecule has 2 N–H and O–H groups in total. The Labute approximate surface area is 102 Å². The Bertz CT molecular complexity index is 315. The summed E-state index contributed by atoms with van der Waals surface area (Å²) in [5, 5.41) is 12.4. The Hall–Kier alpha value is -0.510. The highest BCUT2D eigenvalue weighted by Gasteiger charge is 2.03. The molecule has 1 aromatic rings. The topological polar surface area (TPSA) is 32.3 Å². The molecule has 0 spiro atoms. The first-order chi connectivity index (χ1) is 7.63. The van der Waals surface area contributed by atoms with Crippen LogP contribution < -0.4 is 5.32 Å². The smallest absolute Gasteiger partial charge is 0.0520 e. The molecular weight excluding hydrogens is 218 g/mol. The second-order valence-corrected chi connectivity index (χ2v) is 5.24. The van der Waals surface area contributed by atoms with Gasteiger partial charge in [0.05, 0.1) is 6.10 Å². The van der Waals surface area contributed by atoms with Gasteiger partial charge in [0, 0.05) is 16.7 Å². The van der Waals surface area contributed by atoms with Crippen LogP contribution in [0.5, 0.6) is 0 Å². The third-order valence-corrected chi connectivity index (χ3v) is 3.62. The number of thioether (sulfide) groups is 1. The van der Waals surface area contributed by atoms with Gasteiger partial charge < -0.3 is 10.4 Å². The largest absolute Gasteiger partial charge is 0.393 e. The molecule has 2 unspecified atom stereocenters. The van der Waals surface area contributed by atoms with Crippen molar-refractivity contribution in [3.05, 3.63) is 29.8 Å². The third kappa shape index (κ3) is 4.56. The van der Waals surface area contributed by atoms with Crippen molar-refractivity contribution in [1.29, 1.82) is 0 Å². The molecule has 3 heteroatoms. The molecule has 2 atom stereocenters. The molecular formula is C13H21NOS. The molecule has 0 aliphatic heterocycles. The molecule has 0 saturated carbocycles. The predicted octanol–water partition coefficient (Wildman–Crippen LogP) is 2.83. The van der Waals surface area contributed by atoms with E-state index in [1.54, 1.807) is 11.8 Å². The van der Waals surface area contributed by atoms with Crippen LogP contribution in [0, 0.1) is 0 Å². The summed E-state index contributed by atoms with van der Waals surface area (Å²) in [7, 11) is 1.97. The summed E-state index contributed by atoms with van der Waals surface area (Å²) < 4.78 is 0. The number of hydrogen-bond donors (Lipinski definition) is 2. The van der Waals surface area contributed by atoms with E-state index in [0.29, 0.717) is 6.04 Å². The van der Waals surface area contributed by atoms with Gasteiger partial charge in [-0.3, -0.25) is 0 Å². The number of benzene rings is 1. The fourth-order valence-electron chi connectivity index (χ4n) is 1.39. The third-order valence-electron chi connectivity index (χ3n) is 2.60. The number of nitrogens with one attached hydrogen (secondary N) is 1. The second-order valence-electron chi connectivity index (χ2n) is 4.07. The standard InChI is InChI=1S/C13H21NOS/c1-10(15)7-8-16-13-6-4-5-12(9-13)11(2)14-3/h4-6,9-11,14-15H,7-8H2,1-3H3. The van der Waals surface area contributed by atoms with Gasteiger partial charge >= 0.3 is 0 Å². The maximum absolute atomic E-state index is 9.19. The quantitative estimate of drug-likeness (QED) is 0.749. The lowest BCUT2D eigenvalue weighted by molar-refractivity contribution is 0.192. The van der Waals surface area contributed by atoms with Crippen LogP contribution in [0.25, 0.3) is 0 Å². The molecule has 0 aromatic heterocycles. The van der Waals surface area contributed by atoms with Crippen molar-refractivity contribution in [2.24, 2.45) is 0 Å². The number of hydrogen-bond acceptors (Lipinski definition) is 3. The minimum Gasteiger partial charge on any atom is -0.393 e. The van der Waals surface area contributed by atoms with Gasteiger partial charge in [-0.2, -0.15) is 0 Å². The molecule has 0 fully saturated rings. The van der Waals surface area contributed by atoms with Crippen LogP contribution in [-0.4, -0.2) is 24.0 Å². The summed E-state index contributed by atoms with van der Waals surface area (Å²) >= 11 is 1.80. The van der Waals surface area contributed by atoms with E-state index in [1.807, 2.05) is 14.0 Å². The van der Waals surface area contributed by atoms with E-state index >= 15 is 0 Å². The lowest BCUT2D eigenvalue weighted by Gasteiger charge is -2.12. The number of rotatable bonds is 6. The Balaban J connectivity index is 2.54. The molecule has 0 radical (unpaired) electrons. The second kappa shape index (κ2) is 6.94. The van der Waals surface area contributed by atoms with Crippen molar-refractivity contribution in [1.82, 2.24) is 5.32 Å². The van der Waals surface area contributed by atoms with Crippen molar-refractivity contribution < 1.29 is 5.11 Å². The monoisotopic (exact) mass is 239 g/mol. The number of aliphatic hydroxyl groups excluding tert-OH is 1. The van der Waals surface area contributed by atoms with Gasteiger partial charge in [-0.15, -0.1) is 11.8 Å². The highest BCUT2D eigenvalue weighted by atomic mass is 32.2. The maximum Gasteiger partial charge on any atom is 0.0520 e. The van der Waals surface area contributed by atoms with E-state index in [-0.39, 0.29) is 6.10 Å². The molecule has 0 aliphatic rings. The lowest BCUT2D eigenvalue weighted by atomic mass is 10.1. The Morgan fingerprint density at radius 3 is 2.75 bits per heavy atom. The van der Waals surface area contributed by atoms with Gasteiger partial charge in [0.25, 0.3) is 0 Å². The summed E-state index contributed by atoms with van der Waals surface area (Å²) in [4.78, 5) is 1.28. The Kier molecular flexibility index (Phi) is 5.88. The molecule has 1 rings (SSSR count). The van der Waals surface area contributed by atoms with Gasteiger partial charge in [-0.05, 0) is 45.0 Å². The van der Waals surface area contributed by atoms with Crippen LogP contribution in [0.2, 0.25) is 0 Å². The summed E-state index contributed by atoms with van der Waals surface area (Å²) in [6.45, 7) is 3.99. The van der Waals surface area contributed by atoms with Crippen LogP contribution >= 0.6 is 11.8 Å². The molecule has 0 amide bonds. The van der Waals surface area contributed by atoms with Crippen LogP contribution in [0.4, 0.5) is 0 Å². The van der Waals surface area contributed by atoms with Crippen LogP contribution in [0.3, 0.4) is 0 Å². The molecule has 0 bridgehead atoms. The fraction of sp³-hybridized carbons (Fsp3) is 0.538. The van der Waals surface area contributed by atoms with Crippen molar-refractivity contribution in [3.63, 3.8) is 0 Å². The first kappa shape index (κ1) is 13.6.